The number of nitro benzene ring substituents is 1. The van der Waals surface area contributed by atoms with Gasteiger partial charge in [0.25, 0.3) is 5.69 Å². The molecule has 2 atom stereocenters. The van der Waals surface area contributed by atoms with Crippen molar-refractivity contribution in [3.8, 4) is 5.75 Å². The molecule has 1 aliphatic heterocycles. The molecule has 1 fully saturated rings. The van der Waals surface area contributed by atoms with Crippen molar-refractivity contribution in [3.63, 3.8) is 0 Å². The molecule has 3 rings (SSSR count). The van der Waals surface area contributed by atoms with E-state index in [9.17, 15) is 19.7 Å². The molecule has 0 spiro atoms. The zero-order valence-electron chi connectivity index (χ0n) is 16.9. The average Bonchev–Trinajstić information content (AvgIpc) is 3.18. The summed E-state index contributed by atoms with van der Waals surface area (Å²) in [4.78, 5) is 36.8. The Morgan fingerprint density at radius 1 is 1.16 bits per heavy atom. The second kappa shape index (κ2) is 10.2. The van der Waals surface area contributed by atoms with Crippen LogP contribution < -0.4 is 10.1 Å². The van der Waals surface area contributed by atoms with Gasteiger partial charge in [-0.3, -0.25) is 19.8 Å². The summed E-state index contributed by atoms with van der Waals surface area (Å²) in [6.07, 6.45) is -0.205. The molecule has 9 nitrogen and oxygen atoms in total. The smallest absolute Gasteiger partial charge is 0.410 e. The molecule has 31 heavy (non-hydrogen) atoms. The Bertz CT molecular complexity index is 935. The van der Waals surface area contributed by atoms with Crippen LogP contribution in [0.1, 0.15) is 17.5 Å². The summed E-state index contributed by atoms with van der Waals surface area (Å²) >= 11 is 4.42. The lowest BCUT2D eigenvalue weighted by atomic mass is 10.2. The Labute approximate surface area is 184 Å². The highest BCUT2D eigenvalue weighted by atomic mass is 32.1. The third-order valence-corrected chi connectivity index (χ3v) is 5.33. The Hall–Kier alpha value is -3.27. The average molecular weight is 445 g/mol. The Balaban J connectivity index is 1.55. The van der Waals surface area contributed by atoms with E-state index in [0.717, 1.165) is 11.3 Å². The highest BCUT2D eigenvalue weighted by molar-refractivity contribution is 7.81. The first-order valence-electron chi connectivity index (χ1n) is 9.63. The number of rotatable bonds is 7. The summed E-state index contributed by atoms with van der Waals surface area (Å²) in [5.41, 5.74) is 1.48. The molecule has 0 aromatic heterocycles. The normalized spacial score (nSPS) is 17.8. The van der Waals surface area contributed by atoms with E-state index in [0.29, 0.717) is 25.1 Å². The van der Waals surface area contributed by atoms with Gasteiger partial charge in [0.05, 0.1) is 12.0 Å². The van der Waals surface area contributed by atoms with Gasteiger partial charge in [0.15, 0.2) is 0 Å². The fraction of sp³-hybridized carbons (Fsp3) is 0.333. The molecule has 1 aliphatic rings. The van der Waals surface area contributed by atoms with E-state index in [2.05, 4.69) is 17.9 Å². The fourth-order valence-corrected chi connectivity index (χ4v) is 3.63. The van der Waals surface area contributed by atoms with E-state index in [1.54, 1.807) is 7.11 Å². The molecule has 1 saturated heterocycles. The van der Waals surface area contributed by atoms with E-state index in [-0.39, 0.29) is 23.5 Å². The molecule has 10 heteroatoms. The first-order chi connectivity index (χ1) is 14.9. The van der Waals surface area contributed by atoms with Crippen LogP contribution in [0, 0.1) is 10.1 Å². The number of amides is 2. The van der Waals surface area contributed by atoms with Gasteiger partial charge in [0.2, 0.25) is 5.91 Å². The van der Waals surface area contributed by atoms with Gasteiger partial charge in [-0.1, -0.05) is 12.1 Å². The van der Waals surface area contributed by atoms with Gasteiger partial charge in [-0.25, -0.2) is 4.79 Å². The summed E-state index contributed by atoms with van der Waals surface area (Å²) in [6, 6.07) is 12.4. The van der Waals surface area contributed by atoms with Crippen LogP contribution in [-0.2, 0) is 22.7 Å². The van der Waals surface area contributed by atoms with E-state index in [1.165, 1.54) is 29.2 Å². The third kappa shape index (κ3) is 5.88. The minimum Gasteiger partial charge on any atom is -0.497 e. The number of hydrogen-bond donors (Lipinski definition) is 2. The summed E-state index contributed by atoms with van der Waals surface area (Å²) in [6.45, 7) is 0.565. The molecule has 1 heterocycles. The molecule has 0 saturated carbocycles. The molecular weight excluding hydrogens is 422 g/mol. The van der Waals surface area contributed by atoms with Gasteiger partial charge in [-0.05, 0) is 41.8 Å². The highest BCUT2D eigenvalue weighted by Crippen LogP contribution is 2.24. The van der Waals surface area contributed by atoms with Crippen molar-refractivity contribution in [3.05, 3.63) is 69.8 Å². The summed E-state index contributed by atoms with van der Waals surface area (Å²) in [5, 5.41) is 13.4. The van der Waals surface area contributed by atoms with E-state index < -0.39 is 17.1 Å². The van der Waals surface area contributed by atoms with Crippen molar-refractivity contribution in [2.24, 2.45) is 0 Å². The first-order valence-corrected chi connectivity index (χ1v) is 10.1. The number of nitrogens with one attached hydrogen (secondary N) is 1. The van der Waals surface area contributed by atoms with E-state index >= 15 is 0 Å². The predicted molar refractivity (Wildman–Crippen MR) is 116 cm³/mol. The van der Waals surface area contributed by atoms with Crippen LogP contribution >= 0.6 is 12.6 Å². The molecular formula is C21H23N3O6S. The molecule has 2 aromatic carbocycles. The quantitative estimate of drug-likeness (QED) is 0.385. The van der Waals surface area contributed by atoms with Gasteiger partial charge in [-0.15, -0.1) is 0 Å². The lowest BCUT2D eigenvalue weighted by molar-refractivity contribution is -0.384. The van der Waals surface area contributed by atoms with Crippen molar-refractivity contribution in [2.75, 3.05) is 13.7 Å². The van der Waals surface area contributed by atoms with Crippen LogP contribution in [0.5, 0.6) is 5.75 Å². The number of hydrogen-bond acceptors (Lipinski definition) is 7. The van der Waals surface area contributed by atoms with Crippen LogP contribution in [0.3, 0.4) is 0 Å². The first kappa shape index (κ1) is 22.4. The number of nitrogens with zero attached hydrogens (tertiary/aromatic N) is 2. The zero-order valence-corrected chi connectivity index (χ0v) is 17.8. The number of carbonyl (C=O) groups excluding carboxylic acids is 2. The second-order valence-electron chi connectivity index (χ2n) is 7.10. The zero-order chi connectivity index (χ0) is 22.4. The maximum absolute atomic E-state index is 12.7. The van der Waals surface area contributed by atoms with Crippen molar-refractivity contribution in [1.29, 1.82) is 0 Å². The summed E-state index contributed by atoms with van der Waals surface area (Å²) < 4.78 is 10.4. The van der Waals surface area contributed by atoms with Crippen LogP contribution in [0.2, 0.25) is 0 Å². The Morgan fingerprint density at radius 2 is 1.81 bits per heavy atom. The number of non-ortho nitro benzene ring substituents is 1. The van der Waals surface area contributed by atoms with Crippen LogP contribution in [0.4, 0.5) is 10.5 Å². The number of nitro groups is 1. The van der Waals surface area contributed by atoms with E-state index in [1.807, 2.05) is 24.3 Å². The van der Waals surface area contributed by atoms with Crippen LogP contribution in [0.15, 0.2) is 48.5 Å². The van der Waals surface area contributed by atoms with Crippen molar-refractivity contribution in [2.45, 2.75) is 30.9 Å². The molecule has 0 bridgehead atoms. The summed E-state index contributed by atoms with van der Waals surface area (Å²) in [5.74, 6) is 0.449. The minimum absolute atomic E-state index is 0.0406. The molecule has 2 aromatic rings. The molecule has 164 valence electrons. The minimum atomic E-state index is -0.676. The van der Waals surface area contributed by atoms with Gasteiger partial charge >= 0.3 is 6.09 Å². The van der Waals surface area contributed by atoms with Crippen LogP contribution in [-0.4, -0.2) is 46.8 Å². The SMILES string of the molecule is COc1ccc(CNC(=O)C2CC(S)CN2C(=O)OCc2ccc([N+](=O)[O-])cc2)cc1. The molecule has 0 radical (unpaired) electrons. The van der Waals surface area contributed by atoms with Gasteiger partial charge < -0.3 is 14.8 Å². The number of ether oxygens (including phenoxy) is 2. The topological polar surface area (TPSA) is 111 Å². The van der Waals surface area contributed by atoms with Gasteiger partial charge in [0.1, 0.15) is 18.4 Å². The monoisotopic (exact) mass is 445 g/mol. The standard InChI is InChI=1S/C21H23N3O6S/c1-29-17-8-4-14(5-9-17)11-22-20(25)19-10-18(31)12-23(19)21(26)30-13-15-2-6-16(7-3-15)24(27)28/h2-9,18-19,31H,10-13H2,1H3,(H,22,25). The van der Waals surface area contributed by atoms with Crippen molar-refractivity contribution < 1.29 is 24.0 Å². The molecule has 1 N–H and O–H groups in total. The largest absolute Gasteiger partial charge is 0.497 e. The number of benzene rings is 2. The van der Waals surface area contributed by atoms with Crippen LogP contribution in [0.25, 0.3) is 0 Å². The lowest BCUT2D eigenvalue weighted by Crippen LogP contribution is -2.45. The Morgan fingerprint density at radius 3 is 2.42 bits per heavy atom. The molecule has 0 aliphatic carbocycles. The number of carbonyl (C=O) groups is 2. The fourth-order valence-electron chi connectivity index (χ4n) is 3.26. The molecule has 2 unspecified atom stereocenters. The predicted octanol–water partition coefficient (Wildman–Crippen LogP) is 2.93. The van der Waals surface area contributed by atoms with Gasteiger partial charge in [0, 0.05) is 30.5 Å². The third-order valence-electron chi connectivity index (χ3n) is 4.95. The maximum atomic E-state index is 12.7. The Kier molecular flexibility index (Phi) is 7.35. The van der Waals surface area contributed by atoms with Crippen molar-refractivity contribution in [1.82, 2.24) is 10.2 Å². The second-order valence-corrected chi connectivity index (χ2v) is 7.83. The lowest BCUT2D eigenvalue weighted by Gasteiger charge is -2.23. The van der Waals surface area contributed by atoms with Crippen molar-refractivity contribution >= 4 is 30.3 Å². The summed E-state index contributed by atoms with van der Waals surface area (Å²) in [7, 11) is 1.58. The maximum Gasteiger partial charge on any atom is 0.410 e. The number of methoxy groups -OCH3 is 1. The van der Waals surface area contributed by atoms with Gasteiger partial charge in [-0.2, -0.15) is 12.6 Å². The van der Waals surface area contributed by atoms with E-state index in [4.69, 9.17) is 9.47 Å². The molecule has 2 amide bonds. The number of likely N-dealkylation sites (tertiary alicyclic amines) is 1. The highest BCUT2D eigenvalue weighted by Gasteiger charge is 2.39. The number of thiol groups is 1.